The molecular weight excluding hydrogens is 438 g/mol. The van der Waals surface area contributed by atoms with Gasteiger partial charge in [-0.05, 0) is 12.0 Å². The van der Waals surface area contributed by atoms with Crippen LogP contribution in [0.1, 0.15) is 12.8 Å². The minimum atomic E-state index is 0.193. The van der Waals surface area contributed by atoms with Crippen LogP contribution in [0.4, 0.5) is 0 Å². The molecule has 0 spiro atoms. The molecule has 0 aliphatic carbocycles. The van der Waals surface area contributed by atoms with Gasteiger partial charge in [0.1, 0.15) is 5.78 Å². The van der Waals surface area contributed by atoms with E-state index in [0.29, 0.717) is 97.6 Å². The van der Waals surface area contributed by atoms with Crippen molar-refractivity contribution in [3.05, 3.63) is 10.4 Å². The summed E-state index contributed by atoms with van der Waals surface area (Å²) in [4.78, 5) is 13.7. The molecule has 11 heteroatoms. The fourth-order valence-corrected chi connectivity index (χ4v) is 2.07. The zero-order valence-corrected chi connectivity index (χ0v) is 18.0. The lowest BCUT2D eigenvalue weighted by molar-refractivity contribution is -0.116. The number of carbonyl (C=O) groups excluding carboxylic acids is 1. The Balaban J connectivity index is 3.03. The van der Waals surface area contributed by atoms with E-state index in [4.69, 9.17) is 34.0 Å². The van der Waals surface area contributed by atoms with Gasteiger partial charge in [-0.1, -0.05) is 21.0 Å². The Labute approximate surface area is 174 Å². The number of rotatable bonds is 23. The highest BCUT2D eigenvalue weighted by molar-refractivity contribution is 9.09. The van der Waals surface area contributed by atoms with Gasteiger partial charge in [0.05, 0.1) is 78.0 Å². The number of hydrogen-bond acceptors (Lipinski definition) is 8. The molecule has 0 amide bonds. The van der Waals surface area contributed by atoms with Crippen LogP contribution in [0.5, 0.6) is 0 Å². The minimum Gasteiger partial charge on any atom is -0.379 e. The van der Waals surface area contributed by atoms with Crippen molar-refractivity contribution in [3.63, 3.8) is 0 Å². The number of alkyl halides is 1. The predicted molar refractivity (Wildman–Crippen MR) is 107 cm³/mol. The van der Waals surface area contributed by atoms with E-state index < -0.39 is 0 Å². The van der Waals surface area contributed by atoms with Crippen molar-refractivity contribution in [2.75, 3.05) is 91.2 Å². The third-order valence-corrected chi connectivity index (χ3v) is 3.78. The normalized spacial score (nSPS) is 10.8. The summed E-state index contributed by atoms with van der Waals surface area (Å²) in [5.41, 5.74) is 8.08. The second-order valence-electron chi connectivity index (χ2n) is 5.40. The van der Waals surface area contributed by atoms with Gasteiger partial charge < -0.3 is 28.4 Å². The van der Waals surface area contributed by atoms with Gasteiger partial charge in [-0.2, -0.15) is 0 Å². The number of ether oxygens (including phenoxy) is 6. The van der Waals surface area contributed by atoms with Gasteiger partial charge in [0.15, 0.2) is 0 Å². The maximum atomic E-state index is 11.0. The van der Waals surface area contributed by atoms with Crippen LogP contribution in [-0.2, 0) is 33.2 Å². The van der Waals surface area contributed by atoms with E-state index in [2.05, 4.69) is 26.0 Å². The van der Waals surface area contributed by atoms with E-state index in [0.717, 1.165) is 6.42 Å². The Kier molecular flexibility index (Phi) is 23.6. The Bertz CT molecular complexity index is 399. The van der Waals surface area contributed by atoms with Crippen molar-refractivity contribution in [1.29, 1.82) is 0 Å². The van der Waals surface area contributed by atoms with E-state index in [1.165, 1.54) is 0 Å². The molecule has 0 fully saturated rings. The van der Waals surface area contributed by atoms with Gasteiger partial charge in [0, 0.05) is 24.5 Å². The number of azide groups is 1. The Morgan fingerprint density at radius 3 is 1.50 bits per heavy atom. The first kappa shape index (κ1) is 27.2. The first-order valence-corrected chi connectivity index (χ1v) is 10.5. The third kappa shape index (κ3) is 23.3. The molecule has 0 saturated carbocycles. The highest BCUT2D eigenvalue weighted by Crippen LogP contribution is 1.95. The van der Waals surface area contributed by atoms with E-state index in [1.54, 1.807) is 0 Å². The number of Topliss-reactive ketones (excluding diaryl/α,β-unsaturated/α-hetero) is 1. The van der Waals surface area contributed by atoms with Crippen LogP contribution in [0.3, 0.4) is 0 Å². The molecule has 0 N–H and O–H groups in total. The molecule has 10 nitrogen and oxygen atoms in total. The van der Waals surface area contributed by atoms with E-state index in [-0.39, 0.29) is 5.78 Å². The molecule has 28 heavy (non-hydrogen) atoms. The fraction of sp³-hybridized carbons (Fsp3) is 0.941. The van der Waals surface area contributed by atoms with Crippen molar-refractivity contribution in [2.45, 2.75) is 12.8 Å². The van der Waals surface area contributed by atoms with Crippen LogP contribution < -0.4 is 0 Å². The molecule has 0 bridgehead atoms. The Morgan fingerprint density at radius 1 is 0.714 bits per heavy atom. The Morgan fingerprint density at radius 2 is 1.11 bits per heavy atom. The molecule has 0 atom stereocenters. The molecule has 0 saturated heterocycles. The van der Waals surface area contributed by atoms with Gasteiger partial charge in [-0.15, -0.1) is 0 Å². The number of hydrogen-bond donors (Lipinski definition) is 0. The minimum absolute atomic E-state index is 0.193. The molecule has 0 rings (SSSR count). The first-order chi connectivity index (χ1) is 13.8. The summed E-state index contributed by atoms with van der Waals surface area (Å²) < 4.78 is 32.0. The molecular formula is C17H32BrN3O7. The van der Waals surface area contributed by atoms with E-state index >= 15 is 0 Å². The quantitative estimate of drug-likeness (QED) is 0.0737. The van der Waals surface area contributed by atoms with Crippen molar-refractivity contribution < 1.29 is 33.2 Å². The molecule has 0 heterocycles. The predicted octanol–water partition coefficient (Wildman–Crippen LogP) is 2.14. The summed E-state index contributed by atoms with van der Waals surface area (Å²) in [7, 11) is 0. The number of halogens is 1. The summed E-state index contributed by atoms with van der Waals surface area (Å²) in [5.74, 6) is 0.193. The second kappa shape index (κ2) is 24.3. The summed E-state index contributed by atoms with van der Waals surface area (Å²) in [6.07, 6.45) is 1.29. The molecule has 0 aromatic carbocycles. The largest absolute Gasteiger partial charge is 0.379 e. The monoisotopic (exact) mass is 469 g/mol. The third-order valence-electron chi connectivity index (χ3n) is 3.15. The standard InChI is InChI=1S/C17H32BrN3O7/c18-16-17(22)2-1-4-23-6-8-25-10-12-27-14-15-28-13-11-26-9-7-24-5-3-20-21-19/h1-16H2. The zero-order chi connectivity index (χ0) is 20.5. The number of nitrogens with zero attached hydrogens (tertiary/aromatic N) is 3. The van der Waals surface area contributed by atoms with Crippen molar-refractivity contribution in [3.8, 4) is 0 Å². The lowest BCUT2D eigenvalue weighted by atomic mass is 10.2. The topological polar surface area (TPSA) is 121 Å². The molecule has 164 valence electrons. The lowest BCUT2D eigenvalue weighted by Gasteiger charge is -2.08. The maximum absolute atomic E-state index is 11.0. The van der Waals surface area contributed by atoms with Gasteiger partial charge >= 0.3 is 0 Å². The number of carbonyl (C=O) groups is 1. The van der Waals surface area contributed by atoms with Crippen LogP contribution >= 0.6 is 15.9 Å². The smallest absolute Gasteiger partial charge is 0.143 e. The maximum Gasteiger partial charge on any atom is 0.143 e. The fourth-order valence-electron chi connectivity index (χ4n) is 1.79. The summed E-state index contributed by atoms with van der Waals surface area (Å²) in [6.45, 7) is 6.29. The van der Waals surface area contributed by atoms with Gasteiger partial charge in [0.25, 0.3) is 0 Å². The van der Waals surface area contributed by atoms with E-state index in [9.17, 15) is 4.79 Å². The highest BCUT2D eigenvalue weighted by atomic mass is 79.9. The molecule has 0 aliphatic heterocycles. The zero-order valence-electron chi connectivity index (χ0n) is 16.4. The van der Waals surface area contributed by atoms with Crippen molar-refractivity contribution in [1.82, 2.24) is 0 Å². The second-order valence-corrected chi connectivity index (χ2v) is 5.97. The molecule has 0 aromatic heterocycles. The van der Waals surface area contributed by atoms with Crippen LogP contribution in [-0.4, -0.2) is 96.9 Å². The Hall–Kier alpha value is -0.780. The van der Waals surface area contributed by atoms with Gasteiger partial charge in [0.2, 0.25) is 0 Å². The van der Waals surface area contributed by atoms with Crippen LogP contribution in [0.2, 0.25) is 0 Å². The summed E-state index contributed by atoms with van der Waals surface area (Å²) in [6, 6.07) is 0. The molecule has 0 aliphatic rings. The average Bonchev–Trinajstić information content (AvgIpc) is 2.71. The lowest BCUT2D eigenvalue weighted by Crippen LogP contribution is -2.14. The number of ketones is 1. The van der Waals surface area contributed by atoms with E-state index in [1.807, 2.05) is 0 Å². The van der Waals surface area contributed by atoms with Gasteiger partial charge in [-0.25, -0.2) is 0 Å². The van der Waals surface area contributed by atoms with Crippen LogP contribution in [0, 0.1) is 0 Å². The van der Waals surface area contributed by atoms with Crippen LogP contribution in [0.25, 0.3) is 10.4 Å². The van der Waals surface area contributed by atoms with Crippen molar-refractivity contribution >= 4 is 21.7 Å². The SMILES string of the molecule is [N-]=[N+]=NCCOCCOCCOCCOCCOCCOCCCC(=O)CBr. The van der Waals surface area contributed by atoms with Gasteiger partial charge in [-0.3, -0.25) is 4.79 Å². The van der Waals surface area contributed by atoms with Crippen molar-refractivity contribution in [2.24, 2.45) is 5.11 Å². The highest BCUT2D eigenvalue weighted by Gasteiger charge is 1.98. The molecule has 0 unspecified atom stereocenters. The van der Waals surface area contributed by atoms with Crippen LogP contribution in [0.15, 0.2) is 5.11 Å². The summed E-state index contributed by atoms with van der Waals surface area (Å²) >= 11 is 3.13. The molecule has 0 aromatic rings. The summed E-state index contributed by atoms with van der Waals surface area (Å²) in [5, 5.41) is 3.76. The first-order valence-electron chi connectivity index (χ1n) is 9.36. The molecule has 0 radical (unpaired) electrons. The average molecular weight is 470 g/mol.